The van der Waals surface area contributed by atoms with E-state index in [1.54, 1.807) is 20.8 Å². The van der Waals surface area contributed by atoms with Gasteiger partial charge in [-0.05, 0) is 62.3 Å². The number of piperidine rings is 1. The molecule has 2 aliphatic rings. The Labute approximate surface area is 277 Å². The predicted molar refractivity (Wildman–Crippen MR) is 177 cm³/mol. The van der Waals surface area contributed by atoms with Crippen molar-refractivity contribution < 1.29 is 33.5 Å². The molecule has 5 amide bonds. The average molecular weight is 654 g/mol. The maximum atomic E-state index is 14.0. The number of nitrogens with zero attached hydrogens (tertiary/aromatic N) is 1. The molecule has 1 aromatic rings. The normalized spacial score (nSPS) is 21.0. The lowest BCUT2D eigenvalue weighted by atomic mass is 9.85. The molecule has 0 bridgehead atoms. The summed E-state index contributed by atoms with van der Waals surface area (Å²) < 4.78 is 5.40. The molecule has 1 aromatic carbocycles. The highest BCUT2D eigenvalue weighted by Gasteiger charge is 2.70. The van der Waals surface area contributed by atoms with Gasteiger partial charge in [0.2, 0.25) is 23.5 Å². The lowest BCUT2D eigenvalue weighted by Gasteiger charge is -2.38. The van der Waals surface area contributed by atoms with Gasteiger partial charge >= 0.3 is 6.09 Å². The SMILES string of the molecule is C=CC[C@H](NC(=O)[C@@H]1[C@@H]2[C@H](CN1C(=O)[C@@H](NC(=O)OC(C)(C)C)C(C)(C)C)C2(C)C)C(=O)C(=O)NCC(=O)NCc1ccc(C)cc1. The minimum Gasteiger partial charge on any atom is -0.444 e. The van der Waals surface area contributed by atoms with E-state index >= 15 is 0 Å². The van der Waals surface area contributed by atoms with Crippen LogP contribution in [0.4, 0.5) is 4.79 Å². The van der Waals surface area contributed by atoms with Crippen LogP contribution >= 0.6 is 0 Å². The second kappa shape index (κ2) is 14.3. The van der Waals surface area contributed by atoms with E-state index < -0.39 is 71.2 Å². The van der Waals surface area contributed by atoms with Crippen molar-refractivity contribution in [2.45, 2.75) is 99.0 Å². The van der Waals surface area contributed by atoms with Crippen molar-refractivity contribution in [1.29, 1.82) is 0 Å². The zero-order chi connectivity index (χ0) is 35.5. The van der Waals surface area contributed by atoms with Gasteiger partial charge in [-0.1, -0.05) is 70.5 Å². The summed E-state index contributed by atoms with van der Waals surface area (Å²) in [6.45, 7) is 20.4. The summed E-state index contributed by atoms with van der Waals surface area (Å²) in [5.74, 6) is -3.60. The second-order valence-corrected chi connectivity index (χ2v) is 15.2. The summed E-state index contributed by atoms with van der Waals surface area (Å²) in [4.78, 5) is 80.4. The van der Waals surface area contributed by atoms with Crippen LogP contribution in [0.2, 0.25) is 0 Å². The molecule has 1 saturated carbocycles. The second-order valence-electron chi connectivity index (χ2n) is 15.2. The van der Waals surface area contributed by atoms with E-state index in [0.717, 1.165) is 11.1 Å². The third-order valence-electron chi connectivity index (χ3n) is 8.81. The van der Waals surface area contributed by atoms with Gasteiger partial charge in [-0.25, -0.2) is 4.79 Å². The van der Waals surface area contributed by atoms with E-state index in [9.17, 15) is 28.8 Å². The molecule has 2 fully saturated rings. The number of likely N-dealkylation sites (tertiary alicyclic amines) is 1. The highest BCUT2D eigenvalue weighted by atomic mass is 16.6. The molecule has 1 aliphatic heterocycles. The summed E-state index contributed by atoms with van der Waals surface area (Å²) in [6.07, 6.45) is 0.621. The molecular formula is C35H51N5O7. The van der Waals surface area contributed by atoms with E-state index in [0.29, 0.717) is 6.54 Å². The molecule has 1 aliphatic carbocycles. The number of nitrogens with one attached hydrogen (secondary N) is 4. The quantitative estimate of drug-likeness (QED) is 0.199. The Morgan fingerprint density at radius 3 is 2.17 bits per heavy atom. The number of Topliss-reactive ketones (excluding diaryl/α,β-unsaturated/α-hetero) is 1. The number of carbonyl (C=O) groups excluding carboxylic acids is 6. The Balaban J connectivity index is 1.69. The van der Waals surface area contributed by atoms with Gasteiger partial charge < -0.3 is 30.9 Å². The number of amides is 5. The van der Waals surface area contributed by atoms with Crippen molar-refractivity contribution in [2.75, 3.05) is 13.1 Å². The molecule has 0 radical (unpaired) electrons. The Hall–Kier alpha value is -4.22. The fourth-order valence-corrected chi connectivity index (χ4v) is 6.08. The van der Waals surface area contributed by atoms with Gasteiger partial charge in [-0.3, -0.25) is 24.0 Å². The first-order chi connectivity index (χ1) is 21.7. The van der Waals surface area contributed by atoms with Crippen LogP contribution < -0.4 is 21.3 Å². The van der Waals surface area contributed by atoms with E-state index in [1.807, 2.05) is 65.8 Å². The lowest BCUT2D eigenvalue weighted by Crippen LogP contribution is -2.60. The Morgan fingerprint density at radius 2 is 1.62 bits per heavy atom. The highest BCUT2D eigenvalue weighted by Crippen LogP contribution is 2.65. The fourth-order valence-electron chi connectivity index (χ4n) is 6.08. The van der Waals surface area contributed by atoms with E-state index in [1.165, 1.54) is 11.0 Å². The first-order valence-corrected chi connectivity index (χ1v) is 16.0. The minimum atomic E-state index is -1.26. The van der Waals surface area contributed by atoms with Gasteiger partial charge in [0.1, 0.15) is 23.7 Å². The Kier molecular flexibility index (Phi) is 11.3. The van der Waals surface area contributed by atoms with Crippen molar-refractivity contribution in [3.8, 4) is 0 Å². The van der Waals surface area contributed by atoms with Crippen LogP contribution in [0, 0.1) is 29.6 Å². The molecule has 12 heteroatoms. The van der Waals surface area contributed by atoms with Crippen LogP contribution in [0.5, 0.6) is 0 Å². The monoisotopic (exact) mass is 653 g/mol. The van der Waals surface area contributed by atoms with Crippen LogP contribution in [-0.4, -0.2) is 77.2 Å². The Bertz CT molecular complexity index is 1390. The summed E-state index contributed by atoms with van der Waals surface area (Å²) >= 11 is 0. The van der Waals surface area contributed by atoms with Gasteiger partial charge in [-0.2, -0.15) is 0 Å². The van der Waals surface area contributed by atoms with Crippen molar-refractivity contribution in [2.24, 2.45) is 22.7 Å². The standard InChI is InChI=1S/C35H51N5O7/c1-11-12-23(27(42)30(44)37-18-24(41)36-17-21-15-13-20(2)14-16-21)38-29(43)26-25-22(35(25,9)10)19-40(26)31(45)28(33(3,4)5)39-32(46)47-34(6,7)8/h11,13-16,22-23,25-26,28H,1,12,17-19H2,2-10H3,(H,36,41)(H,37,44)(H,38,43)(H,39,46)/t22-,23-,25-,26-,28+/m0/s1. The molecular weight excluding hydrogens is 602 g/mol. The van der Waals surface area contributed by atoms with E-state index in [4.69, 9.17) is 4.74 Å². The van der Waals surface area contributed by atoms with Crippen LogP contribution in [0.25, 0.3) is 0 Å². The summed E-state index contributed by atoms with van der Waals surface area (Å²) in [7, 11) is 0. The first-order valence-electron chi connectivity index (χ1n) is 16.0. The fraction of sp³-hybridized carbons (Fsp3) is 0.600. The van der Waals surface area contributed by atoms with Crippen molar-refractivity contribution in [3.05, 3.63) is 48.0 Å². The number of fused-ring (bicyclic) bond motifs is 1. The van der Waals surface area contributed by atoms with Gasteiger partial charge in [0, 0.05) is 13.1 Å². The van der Waals surface area contributed by atoms with Gasteiger partial charge in [0.05, 0.1) is 6.54 Å². The number of ether oxygens (including phenoxy) is 1. The average Bonchev–Trinajstić information content (AvgIpc) is 3.27. The molecule has 0 aromatic heterocycles. The molecule has 4 N–H and O–H groups in total. The number of carbonyl (C=O) groups is 6. The molecule has 1 heterocycles. The van der Waals surface area contributed by atoms with Crippen molar-refractivity contribution in [1.82, 2.24) is 26.2 Å². The molecule has 3 rings (SSSR count). The van der Waals surface area contributed by atoms with Crippen LogP contribution in [0.3, 0.4) is 0 Å². The molecule has 12 nitrogen and oxygen atoms in total. The van der Waals surface area contributed by atoms with E-state index in [2.05, 4.69) is 27.8 Å². The maximum Gasteiger partial charge on any atom is 0.408 e. The third-order valence-corrected chi connectivity index (χ3v) is 8.81. The highest BCUT2D eigenvalue weighted by molar-refractivity contribution is 6.38. The van der Waals surface area contributed by atoms with Crippen LogP contribution in [-0.2, 0) is 35.3 Å². The first kappa shape index (κ1) is 37.2. The van der Waals surface area contributed by atoms with Gasteiger partial charge in [0.25, 0.3) is 5.91 Å². The van der Waals surface area contributed by atoms with Crippen LogP contribution in [0.15, 0.2) is 36.9 Å². The van der Waals surface area contributed by atoms with E-state index in [-0.39, 0.29) is 30.2 Å². The molecule has 258 valence electrons. The number of ketones is 1. The summed E-state index contributed by atoms with van der Waals surface area (Å²) in [6, 6.07) is 4.42. The smallest absolute Gasteiger partial charge is 0.408 e. The molecule has 0 spiro atoms. The topological polar surface area (TPSA) is 163 Å². The number of aryl methyl sites for hydroxylation is 1. The summed E-state index contributed by atoms with van der Waals surface area (Å²) in [5, 5.41) is 10.4. The number of benzene rings is 1. The zero-order valence-corrected chi connectivity index (χ0v) is 29.1. The van der Waals surface area contributed by atoms with Gasteiger partial charge in [-0.15, -0.1) is 6.58 Å². The van der Waals surface area contributed by atoms with Crippen LogP contribution in [0.1, 0.15) is 72.9 Å². The van der Waals surface area contributed by atoms with Crippen molar-refractivity contribution >= 4 is 35.5 Å². The molecule has 5 atom stereocenters. The van der Waals surface area contributed by atoms with Crippen molar-refractivity contribution in [3.63, 3.8) is 0 Å². The summed E-state index contributed by atoms with van der Waals surface area (Å²) in [5.41, 5.74) is 0.250. The number of alkyl carbamates (subject to hydrolysis) is 1. The molecule has 1 saturated heterocycles. The Morgan fingerprint density at radius 1 is 1.00 bits per heavy atom. The molecule has 47 heavy (non-hydrogen) atoms. The molecule has 0 unspecified atom stereocenters. The lowest BCUT2D eigenvalue weighted by molar-refractivity contribution is -0.145. The van der Waals surface area contributed by atoms with Gasteiger partial charge in [0.15, 0.2) is 0 Å². The largest absolute Gasteiger partial charge is 0.444 e. The third kappa shape index (κ3) is 9.42. The number of hydrogen-bond acceptors (Lipinski definition) is 7. The zero-order valence-electron chi connectivity index (χ0n) is 29.1. The number of rotatable bonds is 12. The predicted octanol–water partition coefficient (Wildman–Crippen LogP) is 2.78. The maximum absolute atomic E-state index is 14.0. The minimum absolute atomic E-state index is 0.0411. The number of hydrogen-bond donors (Lipinski definition) is 4.